The fraction of sp³-hybridized carbons (Fsp3) is 0.182. The summed E-state index contributed by atoms with van der Waals surface area (Å²) in [6.45, 7) is 0. The molecular formula is C44H43F3N4O7S+2. The van der Waals surface area contributed by atoms with E-state index in [0.717, 1.165) is 54.8 Å². The SMILES string of the molecule is C.CN(C)c1ccc2cc3cc(-c4cc[n+](C)cc4)c(=O)oc3cc2c1.CN(C)c1ccc2cc3cc(-c4ccncc4)c(=O)oc3cc2c1.COS(=O)(=O)C(F)(F)F.[H+]. The highest BCUT2D eigenvalue weighted by Gasteiger charge is 2.46. The zero-order chi connectivity index (χ0) is 41.9. The lowest BCUT2D eigenvalue weighted by molar-refractivity contribution is -0.671. The quantitative estimate of drug-likeness (QED) is 0.0546. The van der Waals surface area contributed by atoms with E-state index >= 15 is 0 Å². The number of fused-ring (bicyclic) bond motifs is 4. The smallest absolute Gasteiger partial charge is 0.422 e. The van der Waals surface area contributed by atoms with Gasteiger partial charge in [0.25, 0.3) is 0 Å². The maximum Gasteiger partial charge on any atom is 1.00 e. The predicted octanol–water partition coefficient (Wildman–Crippen LogP) is 8.81. The molecule has 0 spiro atoms. The molecular weight excluding hydrogens is 786 g/mol. The predicted molar refractivity (Wildman–Crippen MR) is 228 cm³/mol. The normalized spacial score (nSPS) is 11.3. The van der Waals surface area contributed by atoms with Crippen LogP contribution in [0.2, 0.25) is 0 Å². The first-order valence-corrected chi connectivity index (χ1v) is 19.0. The van der Waals surface area contributed by atoms with Crippen LogP contribution in [-0.4, -0.2) is 54.2 Å². The average Bonchev–Trinajstić information content (AvgIpc) is 3.19. The molecule has 0 aliphatic carbocycles. The van der Waals surface area contributed by atoms with E-state index in [9.17, 15) is 31.2 Å². The van der Waals surface area contributed by atoms with Crippen molar-refractivity contribution in [2.75, 3.05) is 45.1 Å². The lowest BCUT2D eigenvalue weighted by atomic mass is 10.0. The third-order valence-corrected chi connectivity index (χ3v) is 10.2. The molecule has 15 heteroatoms. The third-order valence-electron chi connectivity index (χ3n) is 9.17. The van der Waals surface area contributed by atoms with Gasteiger partial charge in [-0.15, -0.1) is 0 Å². The summed E-state index contributed by atoms with van der Waals surface area (Å²) in [6, 6.07) is 31.8. The van der Waals surface area contributed by atoms with Crippen LogP contribution in [0.25, 0.3) is 65.7 Å². The highest BCUT2D eigenvalue weighted by molar-refractivity contribution is 7.87. The van der Waals surface area contributed by atoms with E-state index in [1.165, 1.54) is 0 Å². The van der Waals surface area contributed by atoms with E-state index in [1.54, 1.807) is 12.4 Å². The van der Waals surface area contributed by atoms with Crippen LogP contribution in [0.5, 0.6) is 0 Å². The number of halogens is 3. The van der Waals surface area contributed by atoms with E-state index in [0.29, 0.717) is 29.4 Å². The van der Waals surface area contributed by atoms with Crippen molar-refractivity contribution in [3.05, 3.63) is 143 Å². The van der Waals surface area contributed by atoms with E-state index in [2.05, 4.69) is 62.6 Å². The molecule has 0 bridgehead atoms. The minimum Gasteiger partial charge on any atom is -0.422 e. The summed E-state index contributed by atoms with van der Waals surface area (Å²) in [4.78, 5) is 32.9. The summed E-state index contributed by atoms with van der Waals surface area (Å²) in [7, 11) is 5.08. The molecule has 0 saturated carbocycles. The Kier molecular flexibility index (Phi) is 12.9. The van der Waals surface area contributed by atoms with Gasteiger partial charge in [0.1, 0.15) is 18.2 Å². The largest absolute Gasteiger partial charge is 1.00 e. The molecule has 8 aromatic rings. The Morgan fingerprint density at radius 2 is 1.05 bits per heavy atom. The molecule has 0 N–H and O–H groups in total. The van der Waals surface area contributed by atoms with Crippen LogP contribution in [0.15, 0.2) is 140 Å². The van der Waals surface area contributed by atoms with E-state index in [4.69, 9.17) is 8.83 Å². The van der Waals surface area contributed by atoms with Gasteiger partial charge < -0.3 is 18.6 Å². The summed E-state index contributed by atoms with van der Waals surface area (Å²) >= 11 is 0. The Hall–Kier alpha value is -6.58. The molecule has 0 fully saturated rings. The summed E-state index contributed by atoms with van der Waals surface area (Å²) < 4.78 is 69.0. The number of rotatable bonds is 5. The van der Waals surface area contributed by atoms with Crippen molar-refractivity contribution >= 4 is 65.0 Å². The molecule has 0 aliphatic rings. The molecule has 0 amide bonds. The van der Waals surface area contributed by atoms with Gasteiger partial charge in [-0.2, -0.15) is 21.6 Å². The molecule has 0 saturated heterocycles. The van der Waals surface area contributed by atoms with Crippen molar-refractivity contribution in [2.45, 2.75) is 12.9 Å². The Bertz CT molecular complexity index is 3010. The van der Waals surface area contributed by atoms with Gasteiger partial charge >= 0.3 is 28.3 Å². The maximum absolute atomic E-state index is 12.4. The molecule has 0 unspecified atom stereocenters. The van der Waals surface area contributed by atoms with Crippen LogP contribution in [0.4, 0.5) is 24.5 Å². The number of aryl methyl sites for hydroxylation is 1. The first-order valence-electron chi connectivity index (χ1n) is 17.5. The third kappa shape index (κ3) is 9.76. The van der Waals surface area contributed by atoms with Gasteiger partial charge in [0.15, 0.2) is 12.4 Å². The van der Waals surface area contributed by atoms with Crippen LogP contribution in [-0.2, 0) is 21.3 Å². The van der Waals surface area contributed by atoms with Crippen molar-refractivity contribution in [1.82, 2.24) is 4.98 Å². The fourth-order valence-electron chi connectivity index (χ4n) is 5.97. The number of alkyl halides is 3. The second-order valence-electron chi connectivity index (χ2n) is 13.6. The minimum absolute atomic E-state index is 0. The maximum atomic E-state index is 12.4. The molecule has 4 aromatic carbocycles. The second-order valence-corrected chi connectivity index (χ2v) is 15.3. The zero-order valence-corrected chi connectivity index (χ0v) is 33.1. The van der Waals surface area contributed by atoms with Crippen molar-refractivity contribution < 1.29 is 40.6 Å². The minimum atomic E-state index is -5.34. The second kappa shape index (κ2) is 17.5. The van der Waals surface area contributed by atoms with E-state index in [1.807, 2.05) is 106 Å². The van der Waals surface area contributed by atoms with Crippen LogP contribution < -0.4 is 25.6 Å². The van der Waals surface area contributed by atoms with E-state index < -0.39 is 15.6 Å². The van der Waals surface area contributed by atoms with Gasteiger partial charge in [-0.1, -0.05) is 19.6 Å². The Morgan fingerprint density at radius 3 is 1.42 bits per heavy atom. The van der Waals surface area contributed by atoms with Gasteiger partial charge in [-0.3, -0.25) is 9.17 Å². The van der Waals surface area contributed by atoms with Crippen LogP contribution in [0.1, 0.15) is 8.85 Å². The van der Waals surface area contributed by atoms with Crippen LogP contribution >= 0.6 is 0 Å². The number of hydrogen-bond acceptors (Lipinski definition) is 10. The lowest BCUT2D eigenvalue weighted by Crippen LogP contribution is -2.25. The van der Waals surface area contributed by atoms with Gasteiger partial charge in [-0.25, -0.2) is 14.2 Å². The molecule has 4 aromatic heterocycles. The average molecular weight is 829 g/mol. The molecule has 306 valence electrons. The molecule has 0 atom stereocenters. The van der Waals surface area contributed by atoms with Crippen molar-refractivity contribution in [2.24, 2.45) is 7.05 Å². The van der Waals surface area contributed by atoms with Crippen molar-refractivity contribution in [1.29, 1.82) is 0 Å². The number of anilines is 2. The summed E-state index contributed by atoms with van der Waals surface area (Å²) in [5, 5.41) is 6.18. The van der Waals surface area contributed by atoms with Gasteiger partial charge in [0.05, 0.1) is 18.2 Å². The first kappa shape index (κ1) is 43.5. The number of aromatic nitrogens is 2. The molecule has 0 aliphatic heterocycles. The molecule has 8 rings (SSSR count). The van der Waals surface area contributed by atoms with Crippen LogP contribution in [0.3, 0.4) is 0 Å². The Balaban J connectivity index is 0.000000215. The summed E-state index contributed by atoms with van der Waals surface area (Å²) in [5.74, 6) is 0. The van der Waals surface area contributed by atoms with Gasteiger partial charge in [0.2, 0.25) is 0 Å². The Morgan fingerprint density at radius 1 is 0.627 bits per heavy atom. The van der Waals surface area contributed by atoms with E-state index in [-0.39, 0.29) is 20.1 Å². The lowest BCUT2D eigenvalue weighted by Gasteiger charge is -2.13. The standard InChI is InChI=1S/C21H19N2O2.C20H16N2O2.C2H3F3O3S.CH4/c1-22(2)18-5-4-15-10-17-12-19(14-6-8-23(3)9-7-14)21(24)25-20(17)13-16(15)11-18;1-22(2)17-4-3-14-9-16-11-18(13-5-7-21-8-6-13)20(23)24-19(16)12-15(14)10-17;1-8-9(6,7)2(3,4)5;/h4-13H,1-3H3;3-12H,1-2H3;1H3;1H4/q+1;;;/p+1. The molecule has 59 heavy (non-hydrogen) atoms. The topological polar surface area (TPSA) is 127 Å². The number of nitrogens with zero attached hydrogens (tertiary/aromatic N) is 4. The number of pyridine rings is 2. The molecule has 0 radical (unpaired) electrons. The molecule has 11 nitrogen and oxygen atoms in total. The van der Waals surface area contributed by atoms with Crippen LogP contribution in [0, 0.1) is 0 Å². The molecule has 4 heterocycles. The summed E-state index contributed by atoms with van der Waals surface area (Å²) in [6.07, 6.45) is 7.18. The van der Waals surface area contributed by atoms with Gasteiger partial charge in [0, 0.05) is 80.4 Å². The van der Waals surface area contributed by atoms with Crippen molar-refractivity contribution in [3.8, 4) is 22.3 Å². The van der Waals surface area contributed by atoms with Gasteiger partial charge in [-0.05, 0) is 99.9 Å². The monoisotopic (exact) mass is 828 g/mol. The van der Waals surface area contributed by atoms with Crippen molar-refractivity contribution in [3.63, 3.8) is 0 Å². The first-order chi connectivity index (χ1) is 27.4. The number of hydrogen-bond donors (Lipinski definition) is 0. The summed E-state index contributed by atoms with van der Waals surface area (Å²) in [5.41, 5.74) is 0.274. The number of benzene rings is 4. The zero-order valence-electron chi connectivity index (χ0n) is 33.2. The fourth-order valence-corrected chi connectivity index (χ4v) is 6.16. The highest BCUT2D eigenvalue weighted by atomic mass is 32.2. The highest BCUT2D eigenvalue weighted by Crippen LogP contribution is 2.30. The Labute approximate surface area is 339 Å².